The third-order valence-corrected chi connectivity index (χ3v) is 3.62. The van der Waals surface area contributed by atoms with Crippen LogP contribution in [0.2, 0.25) is 0 Å². The van der Waals surface area contributed by atoms with Gasteiger partial charge in [0.15, 0.2) is 0 Å². The van der Waals surface area contributed by atoms with E-state index in [-0.39, 0.29) is 11.5 Å². The van der Waals surface area contributed by atoms with Gasteiger partial charge in [-0.15, -0.1) is 0 Å². The van der Waals surface area contributed by atoms with Crippen molar-refractivity contribution in [1.29, 1.82) is 5.26 Å². The van der Waals surface area contributed by atoms with Crippen LogP contribution in [0.25, 0.3) is 6.08 Å². The first-order chi connectivity index (χ1) is 11.5. The van der Waals surface area contributed by atoms with Gasteiger partial charge in [-0.05, 0) is 41.3 Å². The van der Waals surface area contributed by atoms with Crippen molar-refractivity contribution in [2.75, 3.05) is 12.4 Å². The number of benzene rings is 2. The fraction of sp³-hybridized carbons (Fsp3) is 0.200. The summed E-state index contributed by atoms with van der Waals surface area (Å²) >= 11 is 0. The molecule has 0 unspecified atom stereocenters. The van der Waals surface area contributed by atoms with Gasteiger partial charge < -0.3 is 10.1 Å². The molecular weight excluding hydrogens is 300 g/mol. The van der Waals surface area contributed by atoms with E-state index in [0.29, 0.717) is 0 Å². The number of hydrogen-bond acceptors (Lipinski definition) is 3. The van der Waals surface area contributed by atoms with Gasteiger partial charge in [-0.25, -0.2) is 0 Å². The average Bonchev–Trinajstić information content (AvgIpc) is 2.60. The smallest absolute Gasteiger partial charge is 0.266 e. The molecule has 4 heteroatoms. The van der Waals surface area contributed by atoms with Gasteiger partial charge in [-0.1, -0.05) is 44.2 Å². The number of nitrogens with zero attached hydrogens (tertiary/aromatic N) is 1. The van der Waals surface area contributed by atoms with Crippen molar-refractivity contribution in [1.82, 2.24) is 0 Å². The highest BCUT2D eigenvalue weighted by Crippen LogP contribution is 2.24. The van der Waals surface area contributed by atoms with E-state index in [4.69, 9.17) is 4.74 Å². The number of carbonyl (C=O) groups excluding carboxylic acids is 1. The van der Waals surface area contributed by atoms with Crippen LogP contribution in [0, 0.1) is 11.3 Å². The zero-order valence-electron chi connectivity index (χ0n) is 14.0. The number of nitrogens with one attached hydrogen (secondary N) is 1. The number of amides is 1. The molecule has 2 rings (SSSR count). The van der Waals surface area contributed by atoms with Crippen molar-refractivity contribution in [3.05, 3.63) is 65.2 Å². The predicted molar refractivity (Wildman–Crippen MR) is 95.7 cm³/mol. The summed E-state index contributed by atoms with van der Waals surface area (Å²) in [6.45, 7) is 4.12. The number of rotatable bonds is 5. The van der Waals surface area contributed by atoms with Gasteiger partial charge in [0.2, 0.25) is 0 Å². The Balaban J connectivity index is 2.23. The molecule has 0 saturated heterocycles. The van der Waals surface area contributed by atoms with E-state index in [1.165, 1.54) is 0 Å². The Kier molecular flexibility index (Phi) is 5.75. The Morgan fingerprint density at radius 3 is 2.42 bits per heavy atom. The van der Waals surface area contributed by atoms with E-state index in [2.05, 4.69) is 19.2 Å². The first-order valence-electron chi connectivity index (χ1n) is 7.71. The maximum Gasteiger partial charge on any atom is 0.266 e. The number of para-hydroxylation sites is 1. The zero-order valence-corrected chi connectivity index (χ0v) is 14.0. The van der Waals surface area contributed by atoms with Crippen LogP contribution in [-0.2, 0) is 4.79 Å². The lowest BCUT2D eigenvalue weighted by Gasteiger charge is -2.13. The molecule has 0 spiro atoms. The number of nitriles is 1. The fourth-order valence-electron chi connectivity index (χ4n) is 2.32. The lowest BCUT2D eigenvalue weighted by atomic mass is 10.0. The van der Waals surface area contributed by atoms with Crippen molar-refractivity contribution in [2.24, 2.45) is 0 Å². The Morgan fingerprint density at radius 1 is 1.17 bits per heavy atom. The monoisotopic (exact) mass is 320 g/mol. The standard InChI is InChI=1S/C20H20N2O2/c1-14(2)18-6-4-5-7-19(18)22-20(23)16(13-21)12-15-8-10-17(24-3)11-9-15/h4-12,14H,1-3H3,(H,22,23)/b16-12-. The maximum atomic E-state index is 12.4. The molecule has 4 nitrogen and oxygen atoms in total. The normalized spacial score (nSPS) is 11.0. The van der Waals surface area contributed by atoms with Crippen molar-refractivity contribution in [3.8, 4) is 11.8 Å². The first-order valence-corrected chi connectivity index (χ1v) is 7.71. The second-order valence-electron chi connectivity index (χ2n) is 5.64. The summed E-state index contributed by atoms with van der Waals surface area (Å²) in [6, 6.07) is 16.7. The molecule has 1 N–H and O–H groups in total. The topological polar surface area (TPSA) is 62.1 Å². The molecule has 2 aromatic rings. The Labute approximate surface area is 142 Å². The van der Waals surface area contributed by atoms with Gasteiger partial charge >= 0.3 is 0 Å². The molecule has 0 heterocycles. The molecule has 122 valence electrons. The van der Waals surface area contributed by atoms with Crippen molar-refractivity contribution in [2.45, 2.75) is 19.8 Å². The number of hydrogen-bond donors (Lipinski definition) is 1. The molecule has 0 aromatic heterocycles. The van der Waals surface area contributed by atoms with Crippen molar-refractivity contribution >= 4 is 17.7 Å². The zero-order chi connectivity index (χ0) is 17.5. The van der Waals surface area contributed by atoms with Crippen LogP contribution in [0.15, 0.2) is 54.1 Å². The quantitative estimate of drug-likeness (QED) is 0.657. The molecule has 0 radical (unpaired) electrons. The second kappa shape index (κ2) is 7.98. The molecule has 0 atom stereocenters. The minimum Gasteiger partial charge on any atom is -0.497 e. The van der Waals surface area contributed by atoms with E-state index in [0.717, 1.165) is 22.6 Å². The molecule has 0 aliphatic carbocycles. The van der Waals surface area contributed by atoms with E-state index in [1.807, 2.05) is 30.3 Å². The third-order valence-electron chi connectivity index (χ3n) is 3.62. The van der Waals surface area contributed by atoms with Gasteiger partial charge in [0.1, 0.15) is 17.4 Å². The van der Waals surface area contributed by atoms with Crippen molar-refractivity contribution < 1.29 is 9.53 Å². The van der Waals surface area contributed by atoms with Crippen molar-refractivity contribution in [3.63, 3.8) is 0 Å². The summed E-state index contributed by atoms with van der Waals surface area (Å²) in [4.78, 5) is 12.4. The molecule has 0 aliphatic heterocycles. The van der Waals surface area contributed by atoms with Crippen LogP contribution in [-0.4, -0.2) is 13.0 Å². The molecule has 1 amide bonds. The minimum absolute atomic E-state index is 0.0544. The number of carbonyl (C=O) groups is 1. The van der Waals surface area contributed by atoms with Gasteiger partial charge in [0.25, 0.3) is 5.91 Å². The summed E-state index contributed by atoms with van der Waals surface area (Å²) in [5, 5.41) is 12.1. The Bertz CT molecular complexity index is 784. The van der Waals surface area contributed by atoms with Crippen LogP contribution in [0.1, 0.15) is 30.9 Å². The molecular formula is C20H20N2O2. The molecule has 0 saturated carbocycles. The van der Waals surface area contributed by atoms with Crippen LogP contribution in [0.5, 0.6) is 5.75 Å². The lowest BCUT2D eigenvalue weighted by molar-refractivity contribution is -0.112. The summed E-state index contributed by atoms with van der Waals surface area (Å²) in [5.41, 5.74) is 2.58. The van der Waals surface area contributed by atoms with E-state index in [9.17, 15) is 10.1 Å². The minimum atomic E-state index is -0.415. The van der Waals surface area contributed by atoms with Gasteiger partial charge in [0, 0.05) is 5.69 Å². The van der Waals surface area contributed by atoms with Crippen LogP contribution < -0.4 is 10.1 Å². The highest BCUT2D eigenvalue weighted by molar-refractivity contribution is 6.10. The Morgan fingerprint density at radius 2 is 1.83 bits per heavy atom. The number of ether oxygens (including phenoxy) is 1. The summed E-state index contributed by atoms with van der Waals surface area (Å²) in [6.07, 6.45) is 1.56. The summed E-state index contributed by atoms with van der Waals surface area (Å²) in [7, 11) is 1.59. The van der Waals surface area contributed by atoms with Gasteiger partial charge in [-0.3, -0.25) is 4.79 Å². The predicted octanol–water partition coefficient (Wildman–Crippen LogP) is 4.36. The van der Waals surface area contributed by atoms with Crippen LogP contribution in [0.4, 0.5) is 5.69 Å². The highest BCUT2D eigenvalue weighted by atomic mass is 16.5. The number of anilines is 1. The van der Waals surface area contributed by atoms with E-state index >= 15 is 0 Å². The van der Waals surface area contributed by atoms with Gasteiger partial charge in [-0.2, -0.15) is 5.26 Å². The Hall–Kier alpha value is -3.06. The fourth-order valence-corrected chi connectivity index (χ4v) is 2.32. The van der Waals surface area contributed by atoms with Gasteiger partial charge in [0.05, 0.1) is 7.11 Å². The van der Waals surface area contributed by atoms with E-state index in [1.54, 1.807) is 37.5 Å². The lowest BCUT2D eigenvalue weighted by Crippen LogP contribution is -2.15. The largest absolute Gasteiger partial charge is 0.497 e. The molecule has 24 heavy (non-hydrogen) atoms. The molecule has 0 fully saturated rings. The third kappa shape index (κ3) is 4.23. The second-order valence-corrected chi connectivity index (χ2v) is 5.64. The first kappa shape index (κ1) is 17.3. The molecule has 0 aliphatic rings. The van der Waals surface area contributed by atoms with Crippen LogP contribution in [0.3, 0.4) is 0 Å². The molecule has 2 aromatic carbocycles. The molecule has 0 bridgehead atoms. The van der Waals surface area contributed by atoms with E-state index < -0.39 is 5.91 Å². The average molecular weight is 320 g/mol. The van der Waals surface area contributed by atoms with Crippen LogP contribution >= 0.6 is 0 Å². The number of methoxy groups -OCH3 is 1. The summed E-state index contributed by atoms with van der Waals surface area (Å²) in [5.74, 6) is 0.583. The highest BCUT2D eigenvalue weighted by Gasteiger charge is 2.13. The SMILES string of the molecule is COc1ccc(/C=C(/C#N)C(=O)Nc2ccccc2C(C)C)cc1. The summed E-state index contributed by atoms with van der Waals surface area (Å²) < 4.78 is 5.10. The maximum absolute atomic E-state index is 12.4.